The minimum atomic E-state index is -0.630. The summed E-state index contributed by atoms with van der Waals surface area (Å²) in [4.78, 5) is 25.7. The van der Waals surface area contributed by atoms with Crippen LogP contribution in [0, 0.1) is 10.1 Å². The number of nitrogens with one attached hydrogen (secondary N) is 1. The Morgan fingerprint density at radius 2 is 1.75 bits per heavy atom. The maximum Gasteiger partial charge on any atom is 0.269 e. The normalized spacial score (nSPS) is 15.7. The van der Waals surface area contributed by atoms with E-state index in [0.29, 0.717) is 28.4 Å². The Balaban J connectivity index is 1.82. The predicted octanol–water partition coefficient (Wildman–Crippen LogP) is 5.01. The number of nitrogens with zero attached hydrogens (tertiary/aromatic N) is 2. The standard InChI is InChI=1S/C21H16ClN3O3/c22-18-11-10-15(25(27)28)12-17(18)20-23-19-9-5-4-8-16(19)21(26)24(20)13-14-6-2-1-3-7-14/h1-12,20,23H,13H2. The summed E-state index contributed by atoms with van der Waals surface area (Å²) >= 11 is 6.38. The van der Waals surface area contributed by atoms with E-state index < -0.39 is 11.1 Å². The van der Waals surface area contributed by atoms with Gasteiger partial charge in [-0.3, -0.25) is 14.9 Å². The molecule has 1 heterocycles. The quantitative estimate of drug-likeness (QED) is 0.499. The molecule has 0 fully saturated rings. The molecule has 6 nitrogen and oxygen atoms in total. The lowest BCUT2D eigenvalue weighted by Gasteiger charge is -2.38. The van der Waals surface area contributed by atoms with Crippen LogP contribution in [0.2, 0.25) is 5.02 Å². The number of para-hydroxylation sites is 1. The van der Waals surface area contributed by atoms with E-state index in [9.17, 15) is 14.9 Å². The van der Waals surface area contributed by atoms with Gasteiger partial charge in [0, 0.05) is 35.0 Å². The third-order valence-corrected chi connectivity index (χ3v) is 5.05. The number of hydrogen-bond donors (Lipinski definition) is 1. The van der Waals surface area contributed by atoms with Crippen LogP contribution >= 0.6 is 11.6 Å². The van der Waals surface area contributed by atoms with Gasteiger partial charge >= 0.3 is 0 Å². The van der Waals surface area contributed by atoms with Crippen LogP contribution in [0.5, 0.6) is 0 Å². The van der Waals surface area contributed by atoms with Crippen LogP contribution in [0.3, 0.4) is 0 Å². The average molecular weight is 394 g/mol. The molecule has 1 unspecified atom stereocenters. The highest BCUT2D eigenvalue weighted by atomic mass is 35.5. The summed E-state index contributed by atoms with van der Waals surface area (Å²) in [5.74, 6) is -0.161. The summed E-state index contributed by atoms with van der Waals surface area (Å²) < 4.78 is 0. The van der Waals surface area contributed by atoms with Crippen LogP contribution in [-0.4, -0.2) is 15.7 Å². The van der Waals surface area contributed by atoms with Gasteiger partial charge in [0.05, 0.1) is 10.5 Å². The summed E-state index contributed by atoms with van der Waals surface area (Å²) in [5.41, 5.74) is 2.58. The molecule has 4 rings (SSSR count). The molecule has 3 aromatic rings. The first-order chi connectivity index (χ1) is 13.5. The highest BCUT2D eigenvalue weighted by molar-refractivity contribution is 6.31. The third-order valence-electron chi connectivity index (χ3n) is 4.70. The van der Waals surface area contributed by atoms with Crippen LogP contribution in [-0.2, 0) is 6.54 Å². The van der Waals surface area contributed by atoms with E-state index in [1.807, 2.05) is 42.5 Å². The molecule has 3 aromatic carbocycles. The highest BCUT2D eigenvalue weighted by Crippen LogP contribution is 2.38. The lowest BCUT2D eigenvalue weighted by atomic mass is 10.0. The number of carbonyl (C=O) groups excluding carboxylic acids is 1. The Labute approximate surface area is 166 Å². The fraction of sp³-hybridized carbons (Fsp3) is 0.0952. The fourth-order valence-electron chi connectivity index (χ4n) is 3.34. The van der Waals surface area contributed by atoms with E-state index in [2.05, 4.69) is 5.32 Å². The number of hydrogen-bond acceptors (Lipinski definition) is 4. The van der Waals surface area contributed by atoms with Crippen molar-refractivity contribution in [2.75, 3.05) is 5.32 Å². The van der Waals surface area contributed by atoms with Gasteiger partial charge in [0.25, 0.3) is 11.6 Å². The van der Waals surface area contributed by atoms with Crippen LogP contribution in [0.15, 0.2) is 72.8 Å². The second-order valence-corrected chi connectivity index (χ2v) is 6.88. The highest BCUT2D eigenvalue weighted by Gasteiger charge is 2.34. The van der Waals surface area contributed by atoms with Gasteiger partial charge in [-0.05, 0) is 23.8 Å². The minimum absolute atomic E-state index is 0.0767. The number of non-ortho nitro benzene ring substituents is 1. The van der Waals surface area contributed by atoms with E-state index in [0.717, 1.165) is 5.56 Å². The summed E-state index contributed by atoms with van der Waals surface area (Å²) in [6.07, 6.45) is -0.630. The van der Waals surface area contributed by atoms with Crippen LogP contribution in [0.1, 0.15) is 27.7 Å². The zero-order valence-corrected chi connectivity index (χ0v) is 15.5. The van der Waals surface area contributed by atoms with E-state index in [1.54, 1.807) is 17.0 Å². The minimum Gasteiger partial charge on any atom is -0.361 e. The topological polar surface area (TPSA) is 75.5 Å². The molecular formula is C21H16ClN3O3. The van der Waals surface area contributed by atoms with Crippen molar-refractivity contribution in [3.8, 4) is 0 Å². The molecule has 0 spiro atoms. The molecule has 1 aliphatic heterocycles. The van der Waals surface area contributed by atoms with Crippen molar-refractivity contribution >= 4 is 28.9 Å². The number of carbonyl (C=O) groups is 1. The van der Waals surface area contributed by atoms with Crippen molar-refractivity contribution in [1.29, 1.82) is 0 Å². The molecule has 140 valence electrons. The van der Waals surface area contributed by atoms with E-state index in [4.69, 9.17) is 11.6 Å². The molecule has 1 atom stereocenters. The first kappa shape index (κ1) is 18.0. The Morgan fingerprint density at radius 3 is 2.50 bits per heavy atom. The summed E-state index contributed by atoms with van der Waals surface area (Å²) in [5, 5.41) is 14.9. The maximum absolute atomic E-state index is 13.2. The number of benzene rings is 3. The second-order valence-electron chi connectivity index (χ2n) is 6.47. The number of rotatable bonds is 4. The van der Waals surface area contributed by atoms with E-state index in [-0.39, 0.29) is 11.6 Å². The molecule has 0 radical (unpaired) electrons. The first-order valence-corrected chi connectivity index (χ1v) is 9.06. The number of fused-ring (bicyclic) bond motifs is 1. The monoisotopic (exact) mass is 393 g/mol. The number of nitro groups is 1. The number of anilines is 1. The first-order valence-electron chi connectivity index (χ1n) is 8.69. The zero-order valence-electron chi connectivity index (χ0n) is 14.7. The smallest absolute Gasteiger partial charge is 0.269 e. The Hall–Kier alpha value is -3.38. The van der Waals surface area contributed by atoms with Gasteiger partial charge in [-0.25, -0.2) is 0 Å². The van der Waals surface area contributed by atoms with Crippen molar-refractivity contribution in [3.63, 3.8) is 0 Å². The Kier molecular flexibility index (Phi) is 4.71. The SMILES string of the molecule is O=C1c2ccccc2NC(c2cc([N+](=O)[O-])ccc2Cl)N1Cc1ccccc1. The zero-order chi connectivity index (χ0) is 19.7. The predicted molar refractivity (Wildman–Crippen MR) is 107 cm³/mol. The lowest BCUT2D eigenvalue weighted by Crippen LogP contribution is -2.42. The van der Waals surface area contributed by atoms with Crippen LogP contribution in [0.4, 0.5) is 11.4 Å². The molecule has 1 N–H and O–H groups in total. The van der Waals surface area contributed by atoms with Gasteiger partial charge in [-0.1, -0.05) is 54.1 Å². The van der Waals surface area contributed by atoms with Crippen LogP contribution in [0.25, 0.3) is 0 Å². The molecular weight excluding hydrogens is 378 g/mol. The van der Waals surface area contributed by atoms with Crippen molar-refractivity contribution in [1.82, 2.24) is 4.90 Å². The maximum atomic E-state index is 13.2. The van der Waals surface area contributed by atoms with Gasteiger partial charge in [-0.2, -0.15) is 0 Å². The molecule has 28 heavy (non-hydrogen) atoms. The number of nitro benzene ring substituents is 1. The number of amides is 1. The van der Waals surface area contributed by atoms with Gasteiger partial charge in [0.2, 0.25) is 0 Å². The molecule has 1 aliphatic rings. The number of halogens is 1. The van der Waals surface area contributed by atoms with E-state index in [1.165, 1.54) is 18.2 Å². The third kappa shape index (κ3) is 3.30. The molecule has 7 heteroatoms. The summed E-state index contributed by atoms with van der Waals surface area (Å²) in [6, 6.07) is 21.0. The molecule has 0 bridgehead atoms. The van der Waals surface area contributed by atoms with Gasteiger partial charge < -0.3 is 10.2 Å². The van der Waals surface area contributed by atoms with Crippen LogP contribution < -0.4 is 5.32 Å². The van der Waals surface area contributed by atoms with Gasteiger partial charge in [-0.15, -0.1) is 0 Å². The molecule has 0 saturated carbocycles. The summed E-state index contributed by atoms with van der Waals surface area (Å²) in [7, 11) is 0. The van der Waals surface area contributed by atoms with Gasteiger partial charge in [0.1, 0.15) is 6.17 Å². The van der Waals surface area contributed by atoms with E-state index >= 15 is 0 Å². The lowest BCUT2D eigenvalue weighted by molar-refractivity contribution is -0.384. The summed E-state index contributed by atoms with van der Waals surface area (Å²) in [6.45, 7) is 0.338. The largest absolute Gasteiger partial charge is 0.361 e. The molecule has 0 aliphatic carbocycles. The second kappa shape index (κ2) is 7.32. The Morgan fingerprint density at radius 1 is 1.04 bits per heavy atom. The fourth-order valence-corrected chi connectivity index (χ4v) is 3.56. The van der Waals surface area contributed by atoms with Gasteiger partial charge in [0.15, 0.2) is 0 Å². The van der Waals surface area contributed by atoms with Crippen molar-refractivity contribution < 1.29 is 9.72 Å². The van der Waals surface area contributed by atoms with Crippen molar-refractivity contribution in [2.45, 2.75) is 12.7 Å². The average Bonchev–Trinajstić information content (AvgIpc) is 2.71. The Bertz CT molecular complexity index is 1060. The van der Waals surface area contributed by atoms with Crippen molar-refractivity contribution in [3.05, 3.63) is 105 Å². The molecule has 1 amide bonds. The molecule has 0 saturated heterocycles. The molecule has 0 aromatic heterocycles. The van der Waals surface area contributed by atoms with Crippen molar-refractivity contribution in [2.24, 2.45) is 0 Å².